The molecule has 2 fully saturated rings. The van der Waals surface area contributed by atoms with Gasteiger partial charge in [0.15, 0.2) is 0 Å². The normalized spacial score (nSPS) is 21.0. The average molecular weight is 350 g/mol. The summed E-state index contributed by atoms with van der Waals surface area (Å²) in [5, 5.41) is 3.91. The van der Waals surface area contributed by atoms with Gasteiger partial charge in [0.1, 0.15) is 0 Å². The zero-order valence-corrected chi connectivity index (χ0v) is 15.3. The Bertz CT molecular complexity index is 534. The van der Waals surface area contributed by atoms with Crippen molar-refractivity contribution < 1.29 is 4.79 Å². The van der Waals surface area contributed by atoms with Crippen LogP contribution in [-0.2, 0) is 0 Å². The summed E-state index contributed by atoms with van der Waals surface area (Å²) >= 11 is 5.95. The van der Waals surface area contributed by atoms with E-state index in [-0.39, 0.29) is 12.1 Å². The van der Waals surface area contributed by atoms with Crippen molar-refractivity contribution in [3.05, 3.63) is 34.9 Å². The minimum Gasteiger partial charge on any atom is -0.331 e. The van der Waals surface area contributed by atoms with Gasteiger partial charge in [0.05, 0.1) is 6.04 Å². The molecule has 1 aliphatic carbocycles. The topological polar surface area (TPSA) is 35.6 Å². The van der Waals surface area contributed by atoms with Crippen LogP contribution in [0.25, 0.3) is 0 Å². The largest absolute Gasteiger partial charge is 0.331 e. The lowest BCUT2D eigenvalue weighted by Gasteiger charge is -2.38. The first kappa shape index (κ1) is 17.6. The fraction of sp³-hybridized carbons (Fsp3) is 0.632. The molecular weight excluding hydrogens is 322 g/mol. The van der Waals surface area contributed by atoms with Crippen LogP contribution in [-0.4, -0.2) is 48.1 Å². The quantitative estimate of drug-likeness (QED) is 0.889. The Kier molecular flexibility index (Phi) is 6.01. The van der Waals surface area contributed by atoms with E-state index in [4.69, 9.17) is 11.6 Å². The lowest BCUT2D eigenvalue weighted by atomic mass is 10.0. The molecule has 1 atom stereocenters. The van der Waals surface area contributed by atoms with Gasteiger partial charge in [0.25, 0.3) is 0 Å². The molecule has 1 unspecified atom stereocenters. The maximum absolute atomic E-state index is 12.6. The van der Waals surface area contributed by atoms with E-state index < -0.39 is 0 Å². The molecule has 1 aromatic carbocycles. The Balaban J connectivity index is 1.51. The first-order chi connectivity index (χ1) is 11.7. The number of rotatable bonds is 4. The van der Waals surface area contributed by atoms with Crippen LogP contribution in [0.15, 0.2) is 24.3 Å². The van der Waals surface area contributed by atoms with E-state index in [1.165, 1.54) is 25.7 Å². The molecule has 1 aromatic rings. The van der Waals surface area contributed by atoms with Gasteiger partial charge in [-0.3, -0.25) is 4.90 Å². The average Bonchev–Trinajstić information content (AvgIpc) is 3.15. The van der Waals surface area contributed by atoms with Crippen LogP contribution in [0.4, 0.5) is 4.79 Å². The van der Waals surface area contributed by atoms with Gasteiger partial charge in [0.2, 0.25) is 0 Å². The molecule has 1 heterocycles. The number of carbonyl (C=O) groups excluding carboxylic acids is 1. The molecular formula is C19H28ClN3O. The summed E-state index contributed by atoms with van der Waals surface area (Å²) in [7, 11) is 0. The predicted octanol–water partition coefficient (Wildman–Crippen LogP) is 4.06. The summed E-state index contributed by atoms with van der Waals surface area (Å²) in [4.78, 5) is 17.1. The van der Waals surface area contributed by atoms with E-state index in [0.717, 1.165) is 49.2 Å². The third kappa shape index (κ3) is 4.22. The molecule has 1 aliphatic heterocycles. The van der Waals surface area contributed by atoms with Crippen LogP contribution >= 0.6 is 11.6 Å². The molecule has 2 aliphatic rings. The molecule has 5 heteroatoms. The first-order valence-electron chi connectivity index (χ1n) is 9.22. The fourth-order valence-corrected chi connectivity index (χ4v) is 4.04. The molecule has 1 saturated heterocycles. The summed E-state index contributed by atoms with van der Waals surface area (Å²) in [6.07, 6.45) is 6.27. The number of urea groups is 1. The Morgan fingerprint density at radius 3 is 2.38 bits per heavy atom. The zero-order chi connectivity index (χ0) is 16.9. The Labute approximate surface area is 150 Å². The lowest BCUT2D eigenvalue weighted by Crippen LogP contribution is -2.54. The summed E-state index contributed by atoms with van der Waals surface area (Å²) < 4.78 is 0. The van der Waals surface area contributed by atoms with E-state index >= 15 is 0 Å². The minimum absolute atomic E-state index is 0.0441. The molecule has 0 aromatic heterocycles. The van der Waals surface area contributed by atoms with Crippen LogP contribution in [0.3, 0.4) is 0 Å². The van der Waals surface area contributed by atoms with Crippen LogP contribution < -0.4 is 5.32 Å². The summed E-state index contributed by atoms with van der Waals surface area (Å²) in [5.74, 6) is 0. The number of carbonyl (C=O) groups is 1. The van der Waals surface area contributed by atoms with Crippen LogP contribution in [0.2, 0.25) is 5.02 Å². The summed E-state index contributed by atoms with van der Waals surface area (Å²) in [6.45, 7) is 5.78. The van der Waals surface area contributed by atoms with Gasteiger partial charge in [-0.2, -0.15) is 0 Å². The number of hydrogen-bond acceptors (Lipinski definition) is 2. The Hall–Kier alpha value is -1.26. The highest BCUT2D eigenvalue weighted by Crippen LogP contribution is 2.24. The predicted molar refractivity (Wildman–Crippen MR) is 98.4 cm³/mol. The SMILES string of the molecule is CCC(NC(=O)N1CCN(C2CCCC2)CC1)c1ccc(Cl)cc1. The molecule has 1 N–H and O–H groups in total. The maximum Gasteiger partial charge on any atom is 0.317 e. The highest BCUT2D eigenvalue weighted by atomic mass is 35.5. The number of piperazine rings is 1. The van der Waals surface area contributed by atoms with Crippen LogP contribution in [0.1, 0.15) is 50.6 Å². The number of nitrogens with zero attached hydrogens (tertiary/aromatic N) is 2. The van der Waals surface area contributed by atoms with Crippen LogP contribution in [0, 0.1) is 0 Å². The molecule has 1 saturated carbocycles. The smallest absolute Gasteiger partial charge is 0.317 e. The second-order valence-electron chi connectivity index (χ2n) is 6.92. The van der Waals surface area contributed by atoms with Crippen molar-refractivity contribution in [1.29, 1.82) is 0 Å². The molecule has 24 heavy (non-hydrogen) atoms. The molecule has 3 rings (SSSR count). The van der Waals surface area contributed by atoms with Gasteiger partial charge in [-0.25, -0.2) is 4.79 Å². The standard InChI is InChI=1S/C19H28ClN3O/c1-2-18(15-7-9-16(20)10-8-15)21-19(24)23-13-11-22(12-14-23)17-5-3-4-6-17/h7-10,17-18H,2-6,11-14H2,1H3,(H,21,24). The van der Waals surface area contributed by atoms with Crippen molar-refractivity contribution in [3.8, 4) is 0 Å². The van der Waals surface area contributed by atoms with Crippen molar-refractivity contribution in [2.24, 2.45) is 0 Å². The third-order valence-corrected chi connectivity index (χ3v) is 5.67. The van der Waals surface area contributed by atoms with Crippen molar-refractivity contribution in [1.82, 2.24) is 15.1 Å². The highest BCUT2D eigenvalue weighted by Gasteiger charge is 2.28. The van der Waals surface area contributed by atoms with Crippen molar-refractivity contribution in [2.45, 2.75) is 51.1 Å². The number of halogens is 1. The minimum atomic E-state index is 0.0441. The maximum atomic E-state index is 12.6. The van der Waals surface area contributed by atoms with Crippen molar-refractivity contribution in [3.63, 3.8) is 0 Å². The van der Waals surface area contributed by atoms with Crippen LogP contribution in [0.5, 0.6) is 0 Å². The molecule has 2 amide bonds. The molecule has 0 spiro atoms. The van der Waals surface area contributed by atoms with Gasteiger partial charge in [0, 0.05) is 37.2 Å². The van der Waals surface area contributed by atoms with Gasteiger partial charge in [-0.15, -0.1) is 0 Å². The first-order valence-corrected chi connectivity index (χ1v) is 9.60. The van der Waals surface area contributed by atoms with E-state index in [1.807, 2.05) is 29.2 Å². The van der Waals surface area contributed by atoms with Gasteiger partial charge < -0.3 is 10.2 Å². The van der Waals surface area contributed by atoms with Gasteiger partial charge in [-0.1, -0.05) is 43.5 Å². The van der Waals surface area contributed by atoms with E-state index in [1.54, 1.807) is 0 Å². The molecule has 0 bridgehead atoms. The Morgan fingerprint density at radius 2 is 1.79 bits per heavy atom. The summed E-state index contributed by atoms with van der Waals surface area (Å²) in [5.41, 5.74) is 1.11. The number of nitrogens with one attached hydrogen (secondary N) is 1. The monoisotopic (exact) mass is 349 g/mol. The fourth-order valence-electron chi connectivity index (χ4n) is 3.92. The lowest BCUT2D eigenvalue weighted by molar-refractivity contribution is 0.108. The Morgan fingerprint density at radius 1 is 1.17 bits per heavy atom. The van der Waals surface area contributed by atoms with E-state index in [9.17, 15) is 4.79 Å². The van der Waals surface area contributed by atoms with E-state index in [2.05, 4.69) is 17.1 Å². The molecule has 0 radical (unpaired) electrons. The second-order valence-corrected chi connectivity index (χ2v) is 7.36. The third-order valence-electron chi connectivity index (χ3n) is 5.42. The van der Waals surface area contributed by atoms with Gasteiger partial charge in [-0.05, 0) is 37.0 Å². The highest BCUT2D eigenvalue weighted by molar-refractivity contribution is 6.30. The molecule has 132 valence electrons. The second kappa shape index (κ2) is 8.21. The zero-order valence-electron chi connectivity index (χ0n) is 14.5. The number of benzene rings is 1. The van der Waals surface area contributed by atoms with Gasteiger partial charge >= 0.3 is 6.03 Å². The van der Waals surface area contributed by atoms with Crippen molar-refractivity contribution in [2.75, 3.05) is 26.2 Å². The van der Waals surface area contributed by atoms with E-state index in [0.29, 0.717) is 0 Å². The molecule has 4 nitrogen and oxygen atoms in total. The number of amides is 2. The number of hydrogen-bond donors (Lipinski definition) is 1. The summed E-state index contributed by atoms with van der Waals surface area (Å²) in [6, 6.07) is 8.61. The van der Waals surface area contributed by atoms with Crippen molar-refractivity contribution >= 4 is 17.6 Å².